The predicted octanol–water partition coefficient (Wildman–Crippen LogP) is 3.65. The van der Waals surface area contributed by atoms with Crippen molar-refractivity contribution in [2.75, 3.05) is 13.6 Å². The second-order valence-electron chi connectivity index (χ2n) is 7.25. The molecule has 1 saturated carbocycles. The van der Waals surface area contributed by atoms with Crippen molar-refractivity contribution in [1.29, 1.82) is 0 Å². The molecule has 0 aliphatic heterocycles. The zero-order valence-electron chi connectivity index (χ0n) is 16.2. The summed E-state index contributed by atoms with van der Waals surface area (Å²) in [5, 5.41) is 5.72. The molecule has 2 aromatic rings. The summed E-state index contributed by atoms with van der Waals surface area (Å²) in [5.41, 5.74) is 2.83. The number of nitrogens with one attached hydrogen (secondary N) is 2. The second-order valence-corrected chi connectivity index (χ2v) is 8.17. The average molecular weight is 444 g/mol. The summed E-state index contributed by atoms with van der Waals surface area (Å²) in [6.07, 6.45) is 2.26. The van der Waals surface area contributed by atoms with Gasteiger partial charge < -0.3 is 10.6 Å². The van der Waals surface area contributed by atoms with E-state index in [2.05, 4.69) is 31.5 Å². The molecule has 2 N–H and O–H groups in total. The first-order chi connectivity index (χ1) is 13.5. The smallest absolute Gasteiger partial charge is 0.251 e. The van der Waals surface area contributed by atoms with Crippen LogP contribution < -0.4 is 10.6 Å². The maximum absolute atomic E-state index is 12.6. The zero-order valence-corrected chi connectivity index (χ0v) is 17.8. The Labute approximate surface area is 174 Å². The van der Waals surface area contributed by atoms with E-state index >= 15 is 0 Å². The highest BCUT2D eigenvalue weighted by Crippen LogP contribution is 2.28. The van der Waals surface area contributed by atoms with E-state index < -0.39 is 0 Å². The van der Waals surface area contributed by atoms with Crippen molar-refractivity contribution in [2.24, 2.45) is 0 Å². The largest absolute Gasteiger partial charge is 0.355 e. The molecule has 2 aromatic carbocycles. The average Bonchev–Trinajstić information content (AvgIpc) is 3.53. The van der Waals surface area contributed by atoms with Crippen molar-refractivity contribution in [3.63, 3.8) is 0 Å². The van der Waals surface area contributed by atoms with Gasteiger partial charge in [-0.05, 0) is 55.2 Å². The molecule has 0 saturated heterocycles. The molecule has 2 amide bonds. The monoisotopic (exact) mass is 443 g/mol. The molecule has 1 unspecified atom stereocenters. The van der Waals surface area contributed by atoms with Gasteiger partial charge in [-0.1, -0.05) is 40.2 Å². The summed E-state index contributed by atoms with van der Waals surface area (Å²) >= 11 is 3.43. The number of hydrogen-bond acceptors (Lipinski definition) is 3. The Morgan fingerprint density at radius 1 is 1.11 bits per heavy atom. The Kier molecular flexibility index (Phi) is 6.86. The highest BCUT2D eigenvalue weighted by atomic mass is 79.9. The van der Waals surface area contributed by atoms with Crippen LogP contribution in [-0.4, -0.2) is 36.3 Å². The van der Waals surface area contributed by atoms with Crippen molar-refractivity contribution < 1.29 is 9.59 Å². The van der Waals surface area contributed by atoms with Gasteiger partial charge in [-0.15, -0.1) is 0 Å². The van der Waals surface area contributed by atoms with Crippen LogP contribution in [0.5, 0.6) is 0 Å². The van der Waals surface area contributed by atoms with Crippen LogP contribution in [0.25, 0.3) is 0 Å². The maximum Gasteiger partial charge on any atom is 0.251 e. The first-order valence-corrected chi connectivity index (χ1v) is 10.4. The van der Waals surface area contributed by atoms with E-state index in [0.717, 1.165) is 28.4 Å². The number of carbonyl (C=O) groups excluding carboxylic acids is 2. The van der Waals surface area contributed by atoms with Gasteiger partial charge in [-0.25, -0.2) is 0 Å². The molecule has 1 atom stereocenters. The zero-order chi connectivity index (χ0) is 20.1. The first kappa shape index (κ1) is 20.6. The van der Waals surface area contributed by atoms with Gasteiger partial charge in [0.15, 0.2) is 0 Å². The number of hydrogen-bond donors (Lipinski definition) is 2. The quantitative estimate of drug-likeness (QED) is 0.654. The van der Waals surface area contributed by atoms with Crippen LogP contribution in [0.4, 0.5) is 0 Å². The maximum atomic E-state index is 12.6. The summed E-state index contributed by atoms with van der Waals surface area (Å²) in [6.45, 7) is 3.08. The van der Waals surface area contributed by atoms with Gasteiger partial charge >= 0.3 is 0 Å². The number of halogens is 1. The summed E-state index contributed by atoms with van der Waals surface area (Å²) in [7, 11) is 1.62. The van der Waals surface area contributed by atoms with E-state index in [0.29, 0.717) is 24.7 Å². The lowest BCUT2D eigenvalue weighted by molar-refractivity contribution is -0.123. The first-order valence-electron chi connectivity index (χ1n) is 9.56. The highest BCUT2D eigenvalue weighted by molar-refractivity contribution is 9.10. The second kappa shape index (κ2) is 9.34. The molecule has 0 bridgehead atoms. The van der Waals surface area contributed by atoms with Crippen molar-refractivity contribution in [3.05, 3.63) is 69.7 Å². The Bertz CT molecular complexity index is 817. The van der Waals surface area contributed by atoms with Crippen LogP contribution in [-0.2, 0) is 11.3 Å². The van der Waals surface area contributed by atoms with Crippen molar-refractivity contribution in [1.82, 2.24) is 15.5 Å². The van der Waals surface area contributed by atoms with Gasteiger partial charge in [0.2, 0.25) is 5.91 Å². The third kappa shape index (κ3) is 5.66. The van der Waals surface area contributed by atoms with Crippen LogP contribution >= 0.6 is 15.9 Å². The molecular weight excluding hydrogens is 418 g/mol. The van der Waals surface area contributed by atoms with Crippen LogP contribution in [0.3, 0.4) is 0 Å². The highest BCUT2D eigenvalue weighted by Gasteiger charge is 2.30. The minimum atomic E-state index is -0.0908. The number of amides is 2. The SMILES string of the molecule is CNC(=O)c1ccc(CN(CC(=O)NC(C)c2ccc(Br)cc2)C2CC2)cc1. The Balaban J connectivity index is 1.57. The lowest BCUT2D eigenvalue weighted by atomic mass is 10.1. The predicted molar refractivity (Wildman–Crippen MR) is 114 cm³/mol. The van der Waals surface area contributed by atoms with E-state index in [4.69, 9.17) is 0 Å². The van der Waals surface area contributed by atoms with Crippen LogP contribution in [0.1, 0.15) is 47.3 Å². The third-order valence-corrected chi connectivity index (χ3v) is 5.51. The molecule has 1 fully saturated rings. The van der Waals surface area contributed by atoms with Crippen LogP contribution in [0.15, 0.2) is 53.0 Å². The minimum absolute atomic E-state index is 0.0318. The van der Waals surface area contributed by atoms with Gasteiger partial charge in [-0.2, -0.15) is 0 Å². The molecule has 0 radical (unpaired) electrons. The standard InChI is InChI=1S/C22H26BrN3O2/c1-15(17-7-9-19(23)10-8-17)25-21(27)14-26(20-11-12-20)13-16-3-5-18(6-4-16)22(28)24-2/h3-10,15,20H,11-14H2,1-2H3,(H,24,28)(H,25,27). The fraction of sp³-hybridized carbons (Fsp3) is 0.364. The molecule has 1 aliphatic carbocycles. The fourth-order valence-corrected chi connectivity index (χ4v) is 3.46. The van der Waals surface area contributed by atoms with Crippen LogP contribution in [0, 0.1) is 0 Å². The van der Waals surface area contributed by atoms with Crippen LogP contribution in [0.2, 0.25) is 0 Å². The lowest BCUT2D eigenvalue weighted by Crippen LogP contribution is -2.39. The number of rotatable bonds is 8. The molecular formula is C22H26BrN3O2. The Morgan fingerprint density at radius 2 is 1.75 bits per heavy atom. The Morgan fingerprint density at radius 3 is 2.32 bits per heavy atom. The topological polar surface area (TPSA) is 61.4 Å². The van der Waals surface area contributed by atoms with Crippen molar-refractivity contribution in [2.45, 2.75) is 38.4 Å². The number of nitrogens with zero attached hydrogens (tertiary/aromatic N) is 1. The third-order valence-electron chi connectivity index (χ3n) is 4.99. The van der Waals surface area contributed by atoms with Gasteiger partial charge in [0.25, 0.3) is 5.91 Å². The minimum Gasteiger partial charge on any atom is -0.355 e. The van der Waals surface area contributed by atoms with E-state index in [-0.39, 0.29) is 17.9 Å². The number of benzene rings is 2. The van der Waals surface area contributed by atoms with Gasteiger partial charge in [0, 0.05) is 29.7 Å². The normalized spacial score (nSPS) is 14.6. The molecule has 0 spiro atoms. The molecule has 1 aliphatic rings. The lowest BCUT2D eigenvalue weighted by Gasteiger charge is -2.23. The van der Waals surface area contributed by atoms with E-state index in [1.165, 1.54) is 0 Å². The summed E-state index contributed by atoms with van der Waals surface area (Å²) < 4.78 is 1.03. The van der Waals surface area contributed by atoms with Crippen molar-refractivity contribution in [3.8, 4) is 0 Å². The molecule has 148 valence electrons. The van der Waals surface area contributed by atoms with Gasteiger partial charge in [0.1, 0.15) is 0 Å². The van der Waals surface area contributed by atoms with E-state index in [9.17, 15) is 9.59 Å². The molecule has 0 heterocycles. The van der Waals surface area contributed by atoms with Gasteiger partial charge in [-0.3, -0.25) is 14.5 Å². The van der Waals surface area contributed by atoms with E-state index in [1.807, 2.05) is 55.5 Å². The van der Waals surface area contributed by atoms with E-state index in [1.54, 1.807) is 7.05 Å². The van der Waals surface area contributed by atoms with Gasteiger partial charge in [0.05, 0.1) is 12.6 Å². The molecule has 3 rings (SSSR count). The van der Waals surface area contributed by atoms with Crippen molar-refractivity contribution >= 4 is 27.7 Å². The summed E-state index contributed by atoms with van der Waals surface area (Å²) in [5.74, 6) is -0.0591. The summed E-state index contributed by atoms with van der Waals surface area (Å²) in [4.78, 5) is 26.5. The molecule has 0 aromatic heterocycles. The molecule has 6 heteroatoms. The molecule has 28 heavy (non-hydrogen) atoms. The molecule has 5 nitrogen and oxygen atoms in total. The number of carbonyl (C=O) groups is 2. The Hall–Kier alpha value is -2.18. The summed E-state index contributed by atoms with van der Waals surface area (Å²) in [6, 6.07) is 16.0. The fourth-order valence-electron chi connectivity index (χ4n) is 3.20.